The van der Waals surface area contributed by atoms with Crippen LogP contribution >= 0.6 is 0 Å². The van der Waals surface area contributed by atoms with E-state index in [1.165, 1.54) is 0 Å². The monoisotopic (exact) mass is 395 g/mol. The van der Waals surface area contributed by atoms with Crippen molar-refractivity contribution < 1.29 is 13.5 Å². The molecule has 3 aromatic carbocycles. The molecular weight excluding hydrogens is 370 g/mol. The van der Waals surface area contributed by atoms with Gasteiger partial charge in [0.05, 0.1) is 17.0 Å². The van der Waals surface area contributed by atoms with Crippen molar-refractivity contribution in [2.45, 2.75) is 37.3 Å². The highest BCUT2D eigenvalue weighted by Gasteiger charge is 2.27. The maximum Gasteiger partial charge on any atom is 0.240 e. The number of hydrogen-bond acceptors (Lipinski definition) is 3. The summed E-state index contributed by atoms with van der Waals surface area (Å²) in [6.45, 7) is 3.88. The molecule has 146 valence electrons. The minimum atomic E-state index is -3.77. The Morgan fingerprint density at radius 1 is 0.821 bits per heavy atom. The van der Waals surface area contributed by atoms with Gasteiger partial charge in [-0.1, -0.05) is 77.9 Å². The molecule has 0 spiro atoms. The highest BCUT2D eigenvalue weighted by atomic mass is 32.2. The molecule has 3 rings (SSSR count). The summed E-state index contributed by atoms with van der Waals surface area (Å²) < 4.78 is 28.5. The standard InChI is InChI=1S/C23H25NO3S/c1-17-8-12-20(13-9-17)23(25)22(16-19-6-4-3-5-7-19)24-28(26,27)21-14-10-18(2)11-15-21/h3-15,22-25H,16H2,1-2H3/t22-,23+/m0/s1. The van der Waals surface area contributed by atoms with Crippen molar-refractivity contribution in [3.05, 3.63) is 101 Å². The molecule has 0 radical (unpaired) electrons. The minimum absolute atomic E-state index is 0.187. The van der Waals surface area contributed by atoms with Gasteiger partial charge in [0, 0.05) is 0 Å². The first-order chi connectivity index (χ1) is 13.3. The smallest absolute Gasteiger partial charge is 0.240 e. The van der Waals surface area contributed by atoms with Gasteiger partial charge in [-0.05, 0) is 43.5 Å². The summed E-state index contributed by atoms with van der Waals surface area (Å²) in [7, 11) is -3.77. The predicted molar refractivity (Wildman–Crippen MR) is 112 cm³/mol. The van der Waals surface area contributed by atoms with E-state index < -0.39 is 22.2 Å². The van der Waals surface area contributed by atoms with Crippen molar-refractivity contribution in [1.82, 2.24) is 4.72 Å². The molecular formula is C23H25NO3S. The van der Waals surface area contributed by atoms with Crippen LogP contribution in [0.3, 0.4) is 0 Å². The van der Waals surface area contributed by atoms with Gasteiger partial charge in [-0.15, -0.1) is 0 Å². The Labute approximate surface area is 166 Å². The highest BCUT2D eigenvalue weighted by molar-refractivity contribution is 7.89. The molecule has 0 aliphatic heterocycles. The van der Waals surface area contributed by atoms with Crippen LogP contribution in [0, 0.1) is 13.8 Å². The van der Waals surface area contributed by atoms with Crippen LogP contribution in [0.25, 0.3) is 0 Å². The Morgan fingerprint density at radius 3 is 1.93 bits per heavy atom. The van der Waals surface area contributed by atoms with Gasteiger partial charge >= 0.3 is 0 Å². The fourth-order valence-electron chi connectivity index (χ4n) is 3.07. The van der Waals surface area contributed by atoms with Gasteiger partial charge in [0.15, 0.2) is 0 Å². The molecule has 0 aromatic heterocycles. The topological polar surface area (TPSA) is 66.4 Å². The lowest BCUT2D eigenvalue weighted by molar-refractivity contribution is 0.138. The Kier molecular flexibility index (Phi) is 6.29. The molecule has 4 nitrogen and oxygen atoms in total. The summed E-state index contributed by atoms with van der Waals surface area (Å²) in [5.41, 5.74) is 3.69. The van der Waals surface area contributed by atoms with Crippen molar-refractivity contribution >= 4 is 10.0 Å². The highest BCUT2D eigenvalue weighted by Crippen LogP contribution is 2.23. The maximum atomic E-state index is 12.9. The van der Waals surface area contributed by atoms with Gasteiger partial charge in [0.2, 0.25) is 10.0 Å². The normalized spacial score (nSPS) is 13.8. The SMILES string of the molecule is Cc1ccc([C@@H](O)[C@H](Cc2ccccc2)NS(=O)(=O)c2ccc(C)cc2)cc1. The number of sulfonamides is 1. The fraction of sp³-hybridized carbons (Fsp3) is 0.217. The van der Waals surface area contributed by atoms with E-state index >= 15 is 0 Å². The van der Waals surface area contributed by atoms with Crippen LogP contribution in [0.2, 0.25) is 0 Å². The Bertz CT molecular complexity index is 998. The van der Waals surface area contributed by atoms with E-state index in [-0.39, 0.29) is 4.90 Å². The lowest BCUT2D eigenvalue weighted by atomic mass is 9.96. The molecule has 28 heavy (non-hydrogen) atoms. The van der Waals surface area contributed by atoms with E-state index in [1.54, 1.807) is 24.3 Å². The van der Waals surface area contributed by atoms with Crippen molar-refractivity contribution in [2.75, 3.05) is 0 Å². The summed E-state index contributed by atoms with van der Waals surface area (Å²) in [6, 6.07) is 23.0. The molecule has 0 unspecified atom stereocenters. The van der Waals surface area contributed by atoms with Crippen LogP contribution in [0.1, 0.15) is 28.4 Å². The third-order valence-corrected chi connectivity index (χ3v) is 6.24. The van der Waals surface area contributed by atoms with Crippen LogP contribution in [0.4, 0.5) is 0 Å². The van der Waals surface area contributed by atoms with E-state index in [1.807, 2.05) is 68.4 Å². The van der Waals surface area contributed by atoms with Crippen LogP contribution in [0.5, 0.6) is 0 Å². The Morgan fingerprint density at radius 2 is 1.36 bits per heavy atom. The van der Waals surface area contributed by atoms with Crippen LogP contribution < -0.4 is 4.72 Å². The molecule has 3 aromatic rings. The zero-order valence-corrected chi connectivity index (χ0v) is 16.9. The first-order valence-corrected chi connectivity index (χ1v) is 10.7. The number of aliphatic hydroxyl groups is 1. The quantitative estimate of drug-likeness (QED) is 0.637. The number of aryl methyl sites for hydroxylation is 2. The molecule has 2 atom stereocenters. The summed E-state index contributed by atoms with van der Waals surface area (Å²) in [5.74, 6) is 0. The van der Waals surface area contributed by atoms with Gasteiger partial charge < -0.3 is 5.11 Å². The van der Waals surface area contributed by atoms with Gasteiger partial charge in [0.25, 0.3) is 0 Å². The second-order valence-corrected chi connectivity index (χ2v) is 8.80. The molecule has 2 N–H and O–H groups in total. The number of nitrogens with one attached hydrogen (secondary N) is 1. The van der Waals surface area contributed by atoms with E-state index in [0.717, 1.165) is 16.7 Å². The predicted octanol–water partition coefficient (Wildman–Crippen LogP) is 3.93. The molecule has 0 saturated heterocycles. The number of rotatable bonds is 7. The molecule has 0 saturated carbocycles. The summed E-state index contributed by atoms with van der Waals surface area (Å²) in [4.78, 5) is 0.187. The number of aliphatic hydroxyl groups excluding tert-OH is 1. The van der Waals surface area contributed by atoms with Crippen molar-refractivity contribution in [3.63, 3.8) is 0 Å². The van der Waals surface area contributed by atoms with E-state index in [0.29, 0.717) is 12.0 Å². The van der Waals surface area contributed by atoms with E-state index in [2.05, 4.69) is 4.72 Å². The first-order valence-electron chi connectivity index (χ1n) is 9.23. The number of hydrogen-bond donors (Lipinski definition) is 2. The molecule has 0 aliphatic carbocycles. The average Bonchev–Trinajstić information content (AvgIpc) is 2.68. The van der Waals surface area contributed by atoms with Crippen LogP contribution in [0.15, 0.2) is 83.8 Å². The Balaban J connectivity index is 1.91. The molecule has 0 heterocycles. The summed E-state index contributed by atoms with van der Waals surface area (Å²) in [5, 5.41) is 11.0. The zero-order valence-electron chi connectivity index (χ0n) is 16.0. The summed E-state index contributed by atoms with van der Waals surface area (Å²) in [6.07, 6.45) is -0.595. The molecule has 0 amide bonds. The molecule has 0 fully saturated rings. The minimum Gasteiger partial charge on any atom is -0.387 e. The van der Waals surface area contributed by atoms with Gasteiger partial charge in [-0.3, -0.25) is 0 Å². The Hall–Kier alpha value is -2.47. The van der Waals surface area contributed by atoms with E-state index in [9.17, 15) is 13.5 Å². The largest absolute Gasteiger partial charge is 0.387 e. The lowest BCUT2D eigenvalue weighted by Crippen LogP contribution is -2.40. The average molecular weight is 396 g/mol. The van der Waals surface area contributed by atoms with Gasteiger partial charge in [-0.25, -0.2) is 13.1 Å². The third kappa shape index (κ3) is 5.07. The second kappa shape index (κ2) is 8.69. The molecule has 0 bridgehead atoms. The van der Waals surface area contributed by atoms with Crippen molar-refractivity contribution in [2.24, 2.45) is 0 Å². The van der Waals surface area contributed by atoms with Crippen LogP contribution in [-0.2, 0) is 16.4 Å². The lowest BCUT2D eigenvalue weighted by Gasteiger charge is -2.25. The first kappa shape index (κ1) is 20.3. The van der Waals surface area contributed by atoms with Crippen molar-refractivity contribution in [3.8, 4) is 0 Å². The fourth-order valence-corrected chi connectivity index (χ4v) is 4.31. The summed E-state index contributed by atoms with van der Waals surface area (Å²) >= 11 is 0. The maximum absolute atomic E-state index is 12.9. The molecule has 0 aliphatic rings. The van der Waals surface area contributed by atoms with Crippen molar-refractivity contribution in [1.29, 1.82) is 0 Å². The van der Waals surface area contributed by atoms with E-state index in [4.69, 9.17) is 0 Å². The zero-order chi connectivity index (χ0) is 20.1. The van der Waals surface area contributed by atoms with Gasteiger partial charge in [-0.2, -0.15) is 0 Å². The third-order valence-electron chi connectivity index (χ3n) is 4.74. The molecule has 5 heteroatoms. The second-order valence-electron chi connectivity index (χ2n) is 7.09. The number of benzene rings is 3. The van der Waals surface area contributed by atoms with Gasteiger partial charge in [0.1, 0.15) is 0 Å². The van der Waals surface area contributed by atoms with Crippen LogP contribution in [-0.4, -0.2) is 19.6 Å².